The van der Waals surface area contributed by atoms with Crippen molar-refractivity contribution >= 4 is 0 Å². The van der Waals surface area contributed by atoms with Crippen LogP contribution in [0.1, 0.15) is 65.2 Å². The number of ether oxygens (including phenoxy) is 3. The van der Waals surface area contributed by atoms with Crippen LogP contribution in [0.2, 0.25) is 0 Å². The Hall–Kier alpha value is -0.120. The molecule has 112 valence electrons. The van der Waals surface area contributed by atoms with Crippen LogP contribution < -0.4 is 0 Å². The van der Waals surface area contributed by atoms with Gasteiger partial charge in [0.2, 0.25) is 0 Å². The van der Waals surface area contributed by atoms with Gasteiger partial charge in [-0.05, 0) is 51.4 Å². The highest BCUT2D eigenvalue weighted by Gasteiger charge is 2.25. The molecule has 2 aliphatic heterocycles. The fourth-order valence-corrected chi connectivity index (χ4v) is 3.16. The smallest absolute Gasteiger partial charge is 0.0601 e. The van der Waals surface area contributed by atoms with Crippen LogP contribution >= 0.6 is 0 Å². The summed E-state index contributed by atoms with van der Waals surface area (Å²) in [4.78, 5) is 0. The lowest BCUT2D eigenvalue weighted by Crippen LogP contribution is -2.28. The second-order valence-electron chi connectivity index (χ2n) is 5.94. The maximum atomic E-state index is 6.31. The van der Waals surface area contributed by atoms with Gasteiger partial charge in [0, 0.05) is 13.2 Å². The van der Waals surface area contributed by atoms with Crippen molar-refractivity contribution in [3.8, 4) is 0 Å². The second kappa shape index (κ2) is 8.23. The quantitative estimate of drug-likeness (QED) is 0.673. The third-order valence-electron chi connectivity index (χ3n) is 4.40. The first-order valence-corrected chi connectivity index (χ1v) is 8.20. The molecule has 0 radical (unpaired) electrons. The Morgan fingerprint density at radius 2 is 1.37 bits per heavy atom. The molecule has 3 nitrogen and oxygen atoms in total. The van der Waals surface area contributed by atoms with E-state index in [2.05, 4.69) is 13.8 Å². The average molecular weight is 270 g/mol. The summed E-state index contributed by atoms with van der Waals surface area (Å²) in [6.45, 7) is 6.32. The average Bonchev–Trinajstić information content (AvgIpc) is 3.10. The summed E-state index contributed by atoms with van der Waals surface area (Å²) in [5.41, 5.74) is 0. The van der Waals surface area contributed by atoms with Gasteiger partial charge in [-0.1, -0.05) is 13.8 Å². The zero-order chi connectivity index (χ0) is 13.5. The SMILES string of the molecule is CCC(CC1CCCO1)OC(CC)CC1CCCO1. The Morgan fingerprint density at radius 3 is 1.68 bits per heavy atom. The standard InChI is InChI=1S/C16H30O3/c1-3-13(11-15-7-5-9-17-15)19-14(4-2)12-16-8-6-10-18-16/h13-16H,3-12H2,1-2H3. The molecular formula is C16H30O3. The van der Waals surface area contributed by atoms with Crippen LogP contribution in [0.4, 0.5) is 0 Å². The van der Waals surface area contributed by atoms with Crippen molar-refractivity contribution in [1.29, 1.82) is 0 Å². The largest absolute Gasteiger partial charge is 0.378 e. The minimum Gasteiger partial charge on any atom is -0.378 e. The zero-order valence-corrected chi connectivity index (χ0v) is 12.6. The van der Waals surface area contributed by atoms with Crippen LogP contribution in [-0.4, -0.2) is 37.6 Å². The summed E-state index contributed by atoms with van der Waals surface area (Å²) < 4.78 is 17.8. The van der Waals surface area contributed by atoms with Crippen molar-refractivity contribution in [3.05, 3.63) is 0 Å². The molecular weight excluding hydrogens is 240 g/mol. The van der Waals surface area contributed by atoms with Gasteiger partial charge in [0.05, 0.1) is 24.4 Å². The predicted molar refractivity (Wildman–Crippen MR) is 76.4 cm³/mol. The molecule has 0 spiro atoms. The first-order chi connectivity index (χ1) is 9.31. The van der Waals surface area contributed by atoms with E-state index in [0.29, 0.717) is 24.4 Å². The van der Waals surface area contributed by atoms with Crippen LogP contribution in [0.25, 0.3) is 0 Å². The van der Waals surface area contributed by atoms with Crippen molar-refractivity contribution in [1.82, 2.24) is 0 Å². The lowest BCUT2D eigenvalue weighted by molar-refractivity contribution is -0.0616. The summed E-state index contributed by atoms with van der Waals surface area (Å²) in [6.07, 6.45) is 10.7. The van der Waals surface area contributed by atoms with E-state index in [4.69, 9.17) is 14.2 Å². The molecule has 0 aromatic rings. The van der Waals surface area contributed by atoms with Gasteiger partial charge in [-0.25, -0.2) is 0 Å². The third kappa shape index (κ3) is 5.05. The van der Waals surface area contributed by atoms with Crippen molar-refractivity contribution in [2.24, 2.45) is 0 Å². The Balaban J connectivity index is 1.73. The molecule has 4 unspecified atom stereocenters. The highest BCUT2D eigenvalue weighted by Crippen LogP contribution is 2.24. The van der Waals surface area contributed by atoms with Crippen LogP contribution in [0.15, 0.2) is 0 Å². The van der Waals surface area contributed by atoms with E-state index in [-0.39, 0.29) is 0 Å². The molecule has 2 heterocycles. The van der Waals surface area contributed by atoms with Gasteiger partial charge in [-0.15, -0.1) is 0 Å². The minimum absolute atomic E-state index is 0.356. The van der Waals surface area contributed by atoms with E-state index in [9.17, 15) is 0 Å². The van der Waals surface area contributed by atoms with Crippen LogP contribution in [-0.2, 0) is 14.2 Å². The van der Waals surface area contributed by atoms with Gasteiger partial charge < -0.3 is 14.2 Å². The maximum absolute atomic E-state index is 6.31. The molecule has 0 N–H and O–H groups in total. The van der Waals surface area contributed by atoms with Crippen molar-refractivity contribution in [3.63, 3.8) is 0 Å². The maximum Gasteiger partial charge on any atom is 0.0601 e. The van der Waals surface area contributed by atoms with Crippen molar-refractivity contribution in [2.75, 3.05) is 13.2 Å². The fourth-order valence-electron chi connectivity index (χ4n) is 3.16. The molecule has 0 aliphatic carbocycles. The number of hydrogen-bond donors (Lipinski definition) is 0. The van der Waals surface area contributed by atoms with Crippen LogP contribution in [0.5, 0.6) is 0 Å². The van der Waals surface area contributed by atoms with Gasteiger partial charge >= 0.3 is 0 Å². The summed E-state index contributed by atoms with van der Waals surface area (Å²) in [5, 5.41) is 0. The minimum atomic E-state index is 0.356. The molecule has 2 rings (SSSR count). The molecule has 2 aliphatic rings. The lowest BCUT2D eigenvalue weighted by Gasteiger charge is -2.26. The molecule has 0 saturated carbocycles. The third-order valence-corrected chi connectivity index (χ3v) is 4.40. The van der Waals surface area contributed by atoms with E-state index >= 15 is 0 Å². The van der Waals surface area contributed by atoms with Crippen molar-refractivity contribution < 1.29 is 14.2 Å². The Labute approximate surface area is 118 Å². The topological polar surface area (TPSA) is 27.7 Å². The van der Waals surface area contributed by atoms with Gasteiger partial charge in [0.1, 0.15) is 0 Å². The van der Waals surface area contributed by atoms with Gasteiger partial charge in [-0.3, -0.25) is 0 Å². The monoisotopic (exact) mass is 270 g/mol. The van der Waals surface area contributed by atoms with Gasteiger partial charge in [-0.2, -0.15) is 0 Å². The summed E-state index contributed by atoms with van der Waals surface area (Å²) >= 11 is 0. The Kier molecular flexibility index (Phi) is 6.62. The lowest BCUT2D eigenvalue weighted by atomic mass is 10.0. The van der Waals surface area contributed by atoms with E-state index < -0.39 is 0 Å². The first kappa shape index (κ1) is 15.3. The summed E-state index contributed by atoms with van der Waals surface area (Å²) in [5.74, 6) is 0. The van der Waals surface area contributed by atoms with Gasteiger partial charge in [0.15, 0.2) is 0 Å². The highest BCUT2D eigenvalue weighted by molar-refractivity contribution is 4.74. The Morgan fingerprint density at radius 1 is 0.895 bits per heavy atom. The molecule has 2 fully saturated rings. The zero-order valence-electron chi connectivity index (χ0n) is 12.6. The molecule has 0 amide bonds. The second-order valence-corrected chi connectivity index (χ2v) is 5.94. The van der Waals surface area contributed by atoms with E-state index in [1.807, 2.05) is 0 Å². The van der Waals surface area contributed by atoms with E-state index in [1.54, 1.807) is 0 Å². The normalized spacial score (nSPS) is 30.6. The summed E-state index contributed by atoms with van der Waals surface area (Å²) in [6, 6.07) is 0. The molecule has 19 heavy (non-hydrogen) atoms. The van der Waals surface area contributed by atoms with Crippen LogP contribution in [0, 0.1) is 0 Å². The van der Waals surface area contributed by atoms with E-state index in [1.165, 1.54) is 25.7 Å². The number of rotatable bonds is 8. The highest BCUT2D eigenvalue weighted by atomic mass is 16.5. The first-order valence-electron chi connectivity index (χ1n) is 8.20. The van der Waals surface area contributed by atoms with Crippen molar-refractivity contribution in [2.45, 2.75) is 89.6 Å². The summed E-state index contributed by atoms with van der Waals surface area (Å²) in [7, 11) is 0. The molecule has 4 atom stereocenters. The fraction of sp³-hybridized carbons (Fsp3) is 1.00. The van der Waals surface area contributed by atoms with Gasteiger partial charge in [0.25, 0.3) is 0 Å². The molecule has 3 heteroatoms. The van der Waals surface area contributed by atoms with Crippen LogP contribution in [0.3, 0.4) is 0 Å². The Bertz CT molecular complexity index is 208. The number of hydrogen-bond acceptors (Lipinski definition) is 3. The molecule has 0 aromatic heterocycles. The van der Waals surface area contributed by atoms with E-state index in [0.717, 1.165) is 38.9 Å². The molecule has 0 aromatic carbocycles. The molecule has 0 bridgehead atoms. The predicted octanol–water partition coefficient (Wildman–Crippen LogP) is 3.70. The molecule has 2 saturated heterocycles.